The largest absolute Gasteiger partial charge is 0.395 e. The molecule has 0 aromatic heterocycles. The lowest BCUT2D eigenvalue weighted by Crippen LogP contribution is -2.41. The van der Waals surface area contributed by atoms with Crippen LogP contribution in [0.4, 0.5) is 8.78 Å². The maximum absolute atomic E-state index is 12.1. The Kier molecular flexibility index (Phi) is 3.58. The van der Waals surface area contributed by atoms with Gasteiger partial charge >= 0.3 is 0 Å². The zero-order chi connectivity index (χ0) is 11.5. The minimum absolute atomic E-state index is 0.146. The Balaban J connectivity index is 2.64. The predicted octanol–water partition coefficient (Wildman–Crippen LogP) is 0.376. The molecular formula is C9H12F2N2O2. The molecule has 0 radical (unpaired) electrons. The number of carbonyl (C=O) groups is 1. The molecule has 0 atom stereocenters. The summed E-state index contributed by atoms with van der Waals surface area (Å²) in [5.74, 6) is -0.584. The highest BCUT2D eigenvalue weighted by molar-refractivity contribution is 5.88. The monoisotopic (exact) mass is 218 g/mol. The zero-order valence-corrected chi connectivity index (χ0v) is 8.12. The number of aliphatic hydroxyl groups excluding tert-OH is 1. The molecule has 1 fully saturated rings. The zero-order valence-electron chi connectivity index (χ0n) is 8.12. The smallest absolute Gasteiger partial charge is 0.255 e. The van der Waals surface area contributed by atoms with Crippen LogP contribution >= 0.6 is 0 Å². The fraction of sp³-hybridized carbons (Fsp3) is 0.778. The van der Waals surface area contributed by atoms with Gasteiger partial charge in [0.25, 0.3) is 6.43 Å². The van der Waals surface area contributed by atoms with Crippen molar-refractivity contribution < 1.29 is 18.7 Å². The number of hydrogen-bond acceptors (Lipinski definition) is 3. The molecule has 1 aliphatic carbocycles. The number of amides is 1. The highest BCUT2D eigenvalue weighted by Crippen LogP contribution is 2.46. The molecular weight excluding hydrogens is 206 g/mol. The molecule has 1 N–H and O–H groups in total. The molecule has 84 valence electrons. The van der Waals surface area contributed by atoms with Crippen molar-refractivity contribution in [1.29, 1.82) is 5.26 Å². The lowest BCUT2D eigenvalue weighted by Gasteiger charge is -2.23. The average Bonchev–Trinajstić information content (AvgIpc) is 2.96. The van der Waals surface area contributed by atoms with Crippen LogP contribution in [0.5, 0.6) is 0 Å². The molecule has 0 unspecified atom stereocenters. The first-order valence-corrected chi connectivity index (χ1v) is 4.65. The van der Waals surface area contributed by atoms with Crippen LogP contribution in [0.1, 0.15) is 12.8 Å². The normalized spacial score (nSPS) is 17.3. The number of halogens is 2. The Morgan fingerprint density at radius 1 is 1.60 bits per heavy atom. The van der Waals surface area contributed by atoms with Gasteiger partial charge in [0.15, 0.2) is 0 Å². The topological polar surface area (TPSA) is 64.3 Å². The summed E-state index contributed by atoms with van der Waals surface area (Å²) in [5.41, 5.74) is -1.09. The second-order valence-electron chi connectivity index (χ2n) is 3.56. The van der Waals surface area contributed by atoms with Gasteiger partial charge < -0.3 is 10.0 Å². The van der Waals surface area contributed by atoms with Crippen LogP contribution in [-0.2, 0) is 4.79 Å². The number of nitriles is 1. The van der Waals surface area contributed by atoms with Gasteiger partial charge in [-0.25, -0.2) is 8.78 Å². The third-order valence-electron chi connectivity index (χ3n) is 2.39. The number of alkyl halides is 2. The van der Waals surface area contributed by atoms with E-state index in [2.05, 4.69) is 0 Å². The second-order valence-corrected chi connectivity index (χ2v) is 3.56. The maximum Gasteiger partial charge on any atom is 0.255 e. The number of nitrogens with zero attached hydrogens (tertiary/aromatic N) is 2. The molecule has 0 bridgehead atoms. The van der Waals surface area contributed by atoms with Gasteiger partial charge in [-0.05, 0) is 12.8 Å². The van der Waals surface area contributed by atoms with Gasteiger partial charge in [0.2, 0.25) is 5.91 Å². The molecule has 0 saturated heterocycles. The van der Waals surface area contributed by atoms with Crippen molar-refractivity contribution in [2.24, 2.45) is 5.41 Å². The van der Waals surface area contributed by atoms with Gasteiger partial charge in [-0.1, -0.05) is 0 Å². The van der Waals surface area contributed by atoms with Crippen LogP contribution < -0.4 is 0 Å². The van der Waals surface area contributed by atoms with E-state index in [1.165, 1.54) is 0 Å². The molecule has 0 aromatic rings. The Morgan fingerprint density at radius 2 is 2.20 bits per heavy atom. The molecule has 4 nitrogen and oxygen atoms in total. The lowest BCUT2D eigenvalue weighted by atomic mass is 10.1. The van der Waals surface area contributed by atoms with Crippen LogP contribution in [0.25, 0.3) is 0 Å². The van der Waals surface area contributed by atoms with Crippen molar-refractivity contribution in [1.82, 2.24) is 4.90 Å². The van der Waals surface area contributed by atoms with E-state index in [0.29, 0.717) is 12.8 Å². The predicted molar refractivity (Wildman–Crippen MR) is 46.9 cm³/mol. The minimum Gasteiger partial charge on any atom is -0.395 e. The van der Waals surface area contributed by atoms with Crippen LogP contribution in [0.2, 0.25) is 0 Å². The first-order valence-electron chi connectivity index (χ1n) is 4.65. The molecule has 0 spiro atoms. The van der Waals surface area contributed by atoms with Gasteiger partial charge in [0.05, 0.1) is 19.2 Å². The molecule has 0 aromatic carbocycles. The molecule has 0 aliphatic heterocycles. The first-order chi connectivity index (χ1) is 7.05. The fourth-order valence-electron chi connectivity index (χ4n) is 1.36. The average molecular weight is 218 g/mol. The molecule has 1 saturated carbocycles. The summed E-state index contributed by atoms with van der Waals surface area (Å²) in [6, 6.07) is 1.85. The van der Waals surface area contributed by atoms with Crippen molar-refractivity contribution in [3.63, 3.8) is 0 Å². The summed E-state index contributed by atoms with van der Waals surface area (Å²) in [7, 11) is 0. The number of carbonyl (C=O) groups excluding carboxylic acids is 1. The maximum atomic E-state index is 12.1. The summed E-state index contributed by atoms with van der Waals surface area (Å²) < 4.78 is 24.2. The van der Waals surface area contributed by atoms with Crippen LogP contribution in [0.3, 0.4) is 0 Å². The van der Waals surface area contributed by atoms with E-state index in [9.17, 15) is 13.6 Å². The molecule has 1 amide bonds. The van der Waals surface area contributed by atoms with Crippen molar-refractivity contribution in [2.75, 3.05) is 19.7 Å². The van der Waals surface area contributed by atoms with E-state index < -0.39 is 24.3 Å². The minimum atomic E-state index is -2.64. The van der Waals surface area contributed by atoms with Crippen LogP contribution in [-0.4, -0.2) is 42.0 Å². The van der Waals surface area contributed by atoms with Gasteiger partial charge in [0.1, 0.15) is 5.41 Å². The standard InChI is InChI=1S/C9H12F2N2O2/c10-7(11)5-13(3-4-14)8(15)9(6-12)1-2-9/h7,14H,1-5H2. The lowest BCUT2D eigenvalue weighted by molar-refractivity contribution is -0.137. The summed E-state index contributed by atoms with van der Waals surface area (Å²) >= 11 is 0. The second kappa shape index (κ2) is 4.53. The summed E-state index contributed by atoms with van der Waals surface area (Å²) in [4.78, 5) is 12.5. The van der Waals surface area contributed by atoms with Crippen molar-refractivity contribution in [2.45, 2.75) is 19.3 Å². The summed E-state index contributed by atoms with van der Waals surface area (Å²) in [6.45, 7) is -1.24. The van der Waals surface area contributed by atoms with Gasteiger partial charge in [-0.2, -0.15) is 5.26 Å². The third kappa shape index (κ3) is 2.63. The van der Waals surface area contributed by atoms with E-state index in [1.807, 2.05) is 6.07 Å². The van der Waals surface area contributed by atoms with E-state index >= 15 is 0 Å². The molecule has 0 heterocycles. The van der Waals surface area contributed by atoms with Gasteiger partial charge in [-0.3, -0.25) is 4.79 Å². The summed E-state index contributed by atoms with van der Waals surface area (Å²) in [5, 5.41) is 17.4. The van der Waals surface area contributed by atoms with Crippen molar-refractivity contribution >= 4 is 5.91 Å². The Hall–Kier alpha value is -1.22. The Bertz CT molecular complexity index is 284. The van der Waals surface area contributed by atoms with Crippen LogP contribution in [0.15, 0.2) is 0 Å². The van der Waals surface area contributed by atoms with Gasteiger partial charge in [-0.15, -0.1) is 0 Å². The van der Waals surface area contributed by atoms with Gasteiger partial charge in [0, 0.05) is 6.54 Å². The molecule has 15 heavy (non-hydrogen) atoms. The highest BCUT2D eigenvalue weighted by Gasteiger charge is 2.52. The number of aliphatic hydroxyl groups is 1. The van der Waals surface area contributed by atoms with E-state index in [1.54, 1.807) is 0 Å². The highest BCUT2D eigenvalue weighted by atomic mass is 19.3. The van der Waals surface area contributed by atoms with Crippen molar-refractivity contribution in [3.8, 4) is 6.07 Å². The van der Waals surface area contributed by atoms with E-state index in [4.69, 9.17) is 10.4 Å². The van der Waals surface area contributed by atoms with E-state index in [-0.39, 0.29) is 13.2 Å². The van der Waals surface area contributed by atoms with E-state index in [0.717, 1.165) is 4.90 Å². The third-order valence-corrected chi connectivity index (χ3v) is 2.39. The number of hydrogen-bond donors (Lipinski definition) is 1. The molecule has 1 aliphatic rings. The molecule has 1 rings (SSSR count). The fourth-order valence-corrected chi connectivity index (χ4v) is 1.36. The first kappa shape index (κ1) is 11.9. The Labute approximate surface area is 86.1 Å². The Morgan fingerprint density at radius 3 is 2.53 bits per heavy atom. The van der Waals surface area contributed by atoms with Crippen LogP contribution in [0, 0.1) is 16.7 Å². The SMILES string of the molecule is N#CC1(C(=O)N(CCO)CC(F)F)CC1. The number of rotatable bonds is 5. The molecule has 6 heteroatoms. The summed E-state index contributed by atoms with van der Waals surface area (Å²) in [6.07, 6.45) is -1.80. The quantitative estimate of drug-likeness (QED) is 0.725. The van der Waals surface area contributed by atoms with Crippen molar-refractivity contribution in [3.05, 3.63) is 0 Å².